The van der Waals surface area contributed by atoms with Gasteiger partial charge in [-0.25, -0.2) is 15.0 Å². The van der Waals surface area contributed by atoms with Crippen molar-refractivity contribution >= 4 is 52.1 Å². The Morgan fingerprint density at radius 2 is 0.766 bits per heavy atom. The summed E-state index contributed by atoms with van der Waals surface area (Å²) in [5.74, 6) is 8.47. The monoisotopic (exact) mass is 1810 g/mol. The fraction of sp³-hybridized carbons (Fsp3) is 0.254. The number of fused-ring (bicyclic) bond motifs is 8. The Labute approximate surface area is 799 Å². The molecule has 0 radical (unpaired) electrons. The second kappa shape index (κ2) is 39.0. The van der Waals surface area contributed by atoms with Gasteiger partial charge >= 0.3 is 0 Å². The zero-order valence-electron chi connectivity index (χ0n) is 79.6. The molecule has 0 saturated carbocycles. The highest BCUT2D eigenvalue weighted by Crippen LogP contribution is 2.42. The first-order valence-electron chi connectivity index (χ1n) is 47.4. The zero-order chi connectivity index (χ0) is 95.8. The SMILES string of the molecule is CC(C)c1nc(-c2ccc3c(c2)C(=O)NC3)ccc1-c1ccc2c(c1)C(=O)CC2.CC(C)c1nc(-c2cnc3[nH]ccc3c2)ccc1-c1cnc2c(c1)C=CC2.CC(C)c1nc(C#CC(C)(C)O)ccc1-c1ccc2c(c1)C(=O)CC2.CC(C)c1ncc(-c2ccc3c(c2)C(=O)NC3)cc1-c1ccc2c(c1)C(=O)CC2.COc1cc(-c2ccc(-c3ccc4c(c3)C(=O)CC4)c(C(C)C)n2)ccn1. The number of aliphatic hydroxyl groups is 1. The van der Waals surface area contributed by atoms with Gasteiger partial charge in [0.1, 0.15) is 16.9 Å². The van der Waals surface area contributed by atoms with Crippen LogP contribution in [-0.4, -0.2) is 97.6 Å². The quantitative estimate of drug-likeness (QED) is 0.0694. The summed E-state index contributed by atoms with van der Waals surface area (Å²) >= 11 is 0. The molecule has 2 amide bonds. The molecule has 2 aliphatic heterocycles. The number of H-pyrrole nitrogens is 1. The molecule has 0 unspecified atom stereocenters. The fourth-order valence-electron chi connectivity index (χ4n) is 18.9. The van der Waals surface area contributed by atoms with Crippen molar-refractivity contribution in [1.29, 1.82) is 0 Å². The van der Waals surface area contributed by atoms with Crippen molar-refractivity contribution in [1.82, 2.24) is 55.5 Å². The highest BCUT2D eigenvalue weighted by molar-refractivity contribution is 6.05. The van der Waals surface area contributed by atoms with Crippen LogP contribution >= 0.6 is 0 Å². The van der Waals surface area contributed by atoms with Crippen LogP contribution < -0.4 is 15.4 Å². The lowest BCUT2D eigenvalue weighted by atomic mass is 9.92. The number of carbonyl (C=O) groups is 6. The van der Waals surface area contributed by atoms with Crippen molar-refractivity contribution in [2.45, 2.75) is 189 Å². The van der Waals surface area contributed by atoms with E-state index < -0.39 is 5.60 Å². The maximum absolute atomic E-state index is 12.2. The largest absolute Gasteiger partial charge is 0.481 e. The first kappa shape index (κ1) is 92.2. The normalized spacial score (nSPS) is 13.9. The number of methoxy groups -OCH3 is 1. The average Bonchev–Trinajstić information content (AvgIpc) is 1.74. The van der Waals surface area contributed by atoms with Crippen molar-refractivity contribution in [3.05, 3.63) is 343 Å². The minimum Gasteiger partial charge on any atom is -0.481 e. The smallest absolute Gasteiger partial charge is 0.251 e. The number of aryl methyl sites for hydroxylation is 4. The molecule has 9 aromatic heterocycles. The molecule has 684 valence electrons. The molecule has 137 heavy (non-hydrogen) atoms. The molecule has 0 bridgehead atoms. The average molecular weight is 1810 g/mol. The van der Waals surface area contributed by atoms with Gasteiger partial charge in [0.25, 0.3) is 11.8 Å². The maximum Gasteiger partial charge on any atom is 0.251 e. The van der Waals surface area contributed by atoms with E-state index in [0.29, 0.717) is 56.3 Å². The van der Waals surface area contributed by atoms with Gasteiger partial charge in [0.2, 0.25) is 5.88 Å². The summed E-state index contributed by atoms with van der Waals surface area (Å²) in [7, 11) is 1.61. The van der Waals surface area contributed by atoms with Gasteiger partial charge < -0.3 is 25.5 Å². The Bertz CT molecular complexity index is 7500. The van der Waals surface area contributed by atoms with Crippen molar-refractivity contribution in [3.63, 3.8) is 0 Å². The highest BCUT2D eigenvalue weighted by atomic mass is 16.5. The number of nitrogens with zero attached hydrogens (tertiary/aromatic N) is 8. The van der Waals surface area contributed by atoms with Gasteiger partial charge in [0.15, 0.2) is 23.1 Å². The van der Waals surface area contributed by atoms with Crippen LogP contribution in [0.3, 0.4) is 0 Å². The number of rotatable bonds is 15. The lowest BCUT2D eigenvalue weighted by Crippen LogP contribution is -2.14. The molecule has 0 spiro atoms. The van der Waals surface area contributed by atoms with Gasteiger partial charge in [0.05, 0.1) is 58.4 Å². The van der Waals surface area contributed by atoms with Crippen LogP contribution in [0.25, 0.3) is 118 Å². The molecular weight excluding hydrogens is 1700 g/mol. The van der Waals surface area contributed by atoms with E-state index in [1.165, 1.54) is 5.56 Å². The van der Waals surface area contributed by atoms with E-state index >= 15 is 0 Å². The molecule has 6 aromatic carbocycles. The Hall–Kier alpha value is -15.3. The van der Waals surface area contributed by atoms with Gasteiger partial charge in [-0.05, 0) is 239 Å². The number of allylic oxidation sites excluding steroid dienone is 1. The van der Waals surface area contributed by atoms with Gasteiger partial charge in [0, 0.05) is 177 Å². The van der Waals surface area contributed by atoms with E-state index in [9.17, 15) is 33.9 Å². The lowest BCUT2D eigenvalue weighted by molar-refractivity contribution is 0.0957. The van der Waals surface area contributed by atoms with Crippen molar-refractivity contribution in [3.8, 4) is 118 Å². The summed E-state index contributed by atoms with van der Waals surface area (Å²) in [6.45, 7) is 25.8. The Kier molecular flexibility index (Phi) is 26.2. The number of ether oxygens (including phenoxy) is 1. The van der Waals surface area contributed by atoms with Gasteiger partial charge in [-0.1, -0.05) is 178 Å². The molecule has 0 saturated heterocycles. The van der Waals surface area contributed by atoms with E-state index in [1.807, 2.05) is 128 Å². The van der Waals surface area contributed by atoms with Gasteiger partial charge in [-0.2, -0.15) is 0 Å². The predicted molar refractivity (Wildman–Crippen MR) is 541 cm³/mol. The third kappa shape index (κ3) is 19.7. The number of hydrogen-bond donors (Lipinski definition) is 4. The molecule has 15 aromatic rings. The van der Waals surface area contributed by atoms with E-state index in [1.54, 1.807) is 27.2 Å². The third-order valence-electron chi connectivity index (χ3n) is 26.3. The fourth-order valence-corrected chi connectivity index (χ4v) is 18.9. The van der Waals surface area contributed by atoms with Crippen molar-refractivity contribution in [2.24, 2.45) is 0 Å². The van der Waals surface area contributed by atoms with Gasteiger partial charge in [-0.3, -0.25) is 53.7 Å². The first-order chi connectivity index (χ1) is 66.0. The Morgan fingerprint density at radius 1 is 0.358 bits per heavy atom. The maximum atomic E-state index is 12.2. The number of carbonyl (C=O) groups excluding carboxylic acids is 6. The van der Waals surface area contributed by atoms with Crippen LogP contribution in [0.1, 0.15) is 279 Å². The molecule has 4 N–H and O–H groups in total. The van der Waals surface area contributed by atoms with E-state index in [4.69, 9.17) is 29.7 Å². The van der Waals surface area contributed by atoms with E-state index in [-0.39, 0.29) is 58.6 Å². The summed E-state index contributed by atoms with van der Waals surface area (Å²) in [5, 5.41) is 16.6. The number of pyridine rings is 8. The molecule has 7 aliphatic rings. The van der Waals surface area contributed by atoms with Crippen molar-refractivity contribution in [2.75, 3.05) is 7.11 Å². The minimum absolute atomic E-state index is 0.0223. The number of benzene rings is 6. The number of amides is 2. The molecule has 11 heterocycles. The third-order valence-corrected chi connectivity index (χ3v) is 26.3. The molecule has 19 nitrogen and oxygen atoms in total. The number of hydrogen-bond acceptors (Lipinski definition) is 16. The second-order valence-electron chi connectivity index (χ2n) is 38.1. The first-order valence-corrected chi connectivity index (χ1v) is 47.4. The number of ketones is 4. The number of aromatic amines is 1. The molecule has 19 heteroatoms. The Morgan fingerprint density at radius 3 is 1.26 bits per heavy atom. The summed E-state index contributed by atoms with van der Waals surface area (Å²) in [5.41, 5.74) is 37.7. The number of nitrogens with one attached hydrogen (secondary N) is 3. The number of aromatic nitrogens is 9. The molecule has 5 aliphatic carbocycles. The van der Waals surface area contributed by atoms with Crippen LogP contribution in [0.4, 0.5) is 0 Å². The summed E-state index contributed by atoms with van der Waals surface area (Å²) in [6.07, 6.45) is 20.4. The van der Waals surface area contributed by atoms with E-state index in [2.05, 4.69) is 215 Å². The number of Topliss-reactive ketones (excluding diaryl/α,β-unsaturated/α-hetero) is 4. The molecule has 0 atom stereocenters. The van der Waals surface area contributed by atoms with Crippen LogP contribution in [0.15, 0.2) is 231 Å². The second-order valence-corrected chi connectivity index (χ2v) is 38.1. The van der Waals surface area contributed by atoms with Gasteiger partial charge in [-0.15, -0.1) is 0 Å². The zero-order valence-corrected chi connectivity index (χ0v) is 79.6. The summed E-state index contributed by atoms with van der Waals surface area (Å²) in [6, 6.07) is 65.4. The molecule has 22 rings (SSSR count). The van der Waals surface area contributed by atoms with Crippen molar-refractivity contribution < 1.29 is 38.6 Å². The van der Waals surface area contributed by atoms with Crippen LogP contribution in [0, 0.1) is 11.8 Å². The minimum atomic E-state index is -1.04. The standard InChI is InChI=1S/2C25H22N2O2.C23H20N4.C23H22N2O2.C22H23NO2/c1-14(2)24-21(17-5-3-15-7-8-23(28)20(15)10-17)11-19(13-26-24)16-4-6-18-12-27-25(29)22(18)9-16;1-14(2)24-19(16-4-3-15-7-10-23(28)20(15)11-16)8-9-22(27-24)17-5-6-18-13-26-25(29)21(18)12-17;1-14(2)22-19(17-10-15-4-3-5-20(15)25-12-17)6-7-21(27-22)18-11-16-8-9-24-23(16)26-13-18;1-14(2)23-18(16-5-4-15-6-9-21(26)19(15)12-16)7-8-20(25-23)17-10-11-24-22(13-17)27-3;1-14(2)21-18(9-8-17(23-21)11-12-22(3,4)25)16-6-5-15-7-10-20(24)19(15)13-16/h3-6,9-11,13-14H,7-8,12H2,1-2H3,(H,27,29);3-6,8-9,11-12,14H,7,10,13H2,1-2H3,(H,26,29);3-4,6-14H,5H2,1-2H3,(H,24,26);4-5,7-8,10-14H,6,9H2,1-3H3;5-6,8-9,13-14,25H,7,10H2,1-4H3. The lowest BCUT2D eigenvalue weighted by Gasteiger charge is -2.15. The van der Waals surface area contributed by atoms with Crippen LogP contribution in [0.2, 0.25) is 0 Å². The van der Waals surface area contributed by atoms with Crippen LogP contribution in [-0.2, 0) is 45.2 Å². The molecule has 0 fully saturated rings. The molecular formula is C118H109N11O8. The highest BCUT2D eigenvalue weighted by Gasteiger charge is 2.30. The summed E-state index contributed by atoms with van der Waals surface area (Å²) < 4.78 is 5.23. The Balaban J connectivity index is 0.000000114. The van der Waals surface area contributed by atoms with E-state index in [0.717, 1.165) is 245 Å². The topological polar surface area (TPSA) is 275 Å². The predicted octanol–water partition coefficient (Wildman–Crippen LogP) is 24.4. The summed E-state index contributed by atoms with van der Waals surface area (Å²) in [4.78, 5) is 113. The van der Waals surface area contributed by atoms with Crippen LogP contribution in [0.5, 0.6) is 5.88 Å².